The van der Waals surface area contributed by atoms with Crippen LogP contribution in [0.15, 0.2) is 251 Å². The second-order valence-corrected chi connectivity index (χ2v) is 19.0. The molecule has 0 atom stereocenters. The molecule has 0 saturated heterocycles. The van der Waals surface area contributed by atoms with Crippen molar-refractivity contribution in [3.05, 3.63) is 254 Å². The van der Waals surface area contributed by atoms with E-state index in [-0.39, 0.29) is 0 Å². The largest absolute Gasteiger partial charge is 0.455 e. The van der Waals surface area contributed by atoms with E-state index in [1.54, 1.807) is 0 Å². The fraction of sp³-hybridized carbons (Fsp3) is 0.0294. The third-order valence-electron chi connectivity index (χ3n) is 14.5. The Bertz CT molecular complexity index is 4140. The van der Waals surface area contributed by atoms with Crippen LogP contribution in [0.4, 0.5) is 34.1 Å². The molecular weight excluding hydrogens is 877 g/mol. The molecule has 340 valence electrons. The molecule has 0 aliphatic rings. The predicted molar refractivity (Wildman–Crippen MR) is 303 cm³/mol. The molecule has 0 aliphatic carbocycles. The number of furan rings is 2. The Morgan fingerprint density at radius 3 is 1.08 bits per heavy atom. The van der Waals surface area contributed by atoms with Gasteiger partial charge in [-0.1, -0.05) is 170 Å². The molecule has 0 saturated carbocycles. The second kappa shape index (κ2) is 16.6. The standard InChI is InChI=1S/C68H46N2O2/c1-43-15-11-19-51(39-43)69(49-35-31-45(32-36-49)53-25-13-27-59-55-21-7-9-29-63(55)71-67(53)59)65-57-23-5-6-24-58(57)66(62-42-48-18-4-3-17-47(48)41-61(62)65)70(52-20-12-16-44(2)40-52)50-37-33-46(34-38-50)54-26-14-28-60-56-22-8-10-30-64(56)72-68(54)60/h3-42H,1-2H3. The van der Waals surface area contributed by atoms with E-state index >= 15 is 0 Å². The summed E-state index contributed by atoms with van der Waals surface area (Å²) in [5.41, 5.74) is 16.8. The maximum atomic E-state index is 6.53. The summed E-state index contributed by atoms with van der Waals surface area (Å²) in [6.07, 6.45) is 0. The van der Waals surface area contributed by atoms with Gasteiger partial charge in [-0.15, -0.1) is 0 Å². The highest BCUT2D eigenvalue weighted by Gasteiger charge is 2.27. The van der Waals surface area contributed by atoms with Crippen LogP contribution < -0.4 is 9.80 Å². The molecule has 4 heteroatoms. The smallest absolute Gasteiger partial charge is 0.143 e. The summed E-state index contributed by atoms with van der Waals surface area (Å²) in [6.45, 7) is 4.35. The molecule has 0 unspecified atom stereocenters. The monoisotopic (exact) mass is 922 g/mol. The first-order valence-corrected chi connectivity index (χ1v) is 24.6. The van der Waals surface area contributed by atoms with Crippen molar-refractivity contribution in [3.63, 3.8) is 0 Å². The molecule has 0 spiro atoms. The molecular formula is C68H46N2O2. The molecule has 12 aromatic carbocycles. The van der Waals surface area contributed by atoms with Crippen LogP contribution in [0.5, 0.6) is 0 Å². The Labute approximate surface area is 416 Å². The van der Waals surface area contributed by atoms with E-state index in [0.717, 1.165) is 122 Å². The molecule has 14 aromatic rings. The van der Waals surface area contributed by atoms with E-state index in [0.29, 0.717) is 0 Å². The highest BCUT2D eigenvalue weighted by atomic mass is 16.3. The molecule has 14 rings (SSSR count). The summed E-state index contributed by atoms with van der Waals surface area (Å²) in [4.78, 5) is 4.93. The Hall–Kier alpha value is -9.38. The van der Waals surface area contributed by atoms with Crippen LogP contribution in [-0.4, -0.2) is 0 Å². The molecule has 0 amide bonds. The fourth-order valence-corrected chi connectivity index (χ4v) is 11.2. The molecule has 2 heterocycles. The normalized spacial score (nSPS) is 11.8. The van der Waals surface area contributed by atoms with Gasteiger partial charge in [0.15, 0.2) is 0 Å². The van der Waals surface area contributed by atoms with Crippen LogP contribution in [0.1, 0.15) is 11.1 Å². The van der Waals surface area contributed by atoms with Crippen LogP contribution in [0, 0.1) is 13.8 Å². The van der Waals surface area contributed by atoms with Gasteiger partial charge in [0.2, 0.25) is 0 Å². The van der Waals surface area contributed by atoms with E-state index < -0.39 is 0 Å². The summed E-state index contributed by atoms with van der Waals surface area (Å²) in [5, 5.41) is 11.4. The SMILES string of the molecule is Cc1cccc(N(c2ccc(-c3cccc4c3oc3ccccc34)cc2)c2c3ccccc3c(N(c3ccc(-c4cccc5c4oc4ccccc45)cc3)c3cccc(C)c3)c3cc4ccccc4cc23)c1. The molecule has 0 fully saturated rings. The number of para-hydroxylation sites is 4. The van der Waals surface area contributed by atoms with Crippen molar-refractivity contribution in [3.8, 4) is 22.3 Å². The lowest BCUT2D eigenvalue weighted by atomic mass is 9.92. The average molecular weight is 923 g/mol. The van der Waals surface area contributed by atoms with Gasteiger partial charge < -0.3 is 18.6 Å². The van der Waals surface area contributed by atoms with E-state index in [9.17, 15) is 0 Å². The third kappa shape index (κ3) is 6.75. The van der Waals surface area contributed by atoms with E-state index in [1.165, 1.54) is 21.9 Å². The average Bonchev–Trinajstić information content (AvgIpc) is 4.01. The van der Waals surface area contributed by atoms with Gasteiger partial charge in [-0.3, -0.25) is 0 Å². The third-order valence-corrected chi connectivity index (χ3v) is 14.5. The molecule has 0 radical (unpaired) electrons. The van der Waals surface area contributed by atoms with Crippen molar-refractivity contribution in [2.45, 2.75) is 13.8 Å². The fourth-order valence-electron chi connectivity index (χ4n) is 11.2. The molecule has 4 nitrogen and oxygen atoms in total. The molecule has 2 aromatic heterocycles. The Balaban J connectivity index is 1.00. The van der Waals surface area contributed by atoms with Gasteiger partial charge in [-0.25, -0.2) is 0 Å². The zero-order valence-corrected chi connectivity index (χ0v) is 39.8. The number of hydrogen-bond donors (Lipinski definition) is 0. The highest BCUT2D eigenvalue weighted by molar-refractivity contribution is 6.25. The van der Waals surface area contributed by atoms with Crippen LogP contribution in [0.2, 0.25) is 0 Å². The van der Waals surface area contributed by atoms with Crippen molar-refractivity contribution >= 4 is 110 Å². The van der Waals surface area contributed by atoms with Crippen LogP contribution >= 0.6 is 0 Å². The maximum Gasteiger partial charge on any atom is 0.143 e. The summed E-state index contributed by atoms with van der Waals surface area (Å²) >= 11 is 0. The van der Waals surface area contributed by atoms with Crippen LogP contribution in [-0.2, 0) is 0 Å². The topological polar surface area (TPSA) is 32.8 Å². The summed E-state index contributed by atoms with van der Waals surface area (Å²) in [7, 11) is 0. The van der Waals surface area contributed by atoms with Crippen molar-refractivity contribution in [2.24, 2.45) is 0 Å². The van der Waals surface area contributed by atoms with Crippen LogP contribution in [0.3, 0.4) is 0 Å². The minimum atomic E-state index is 0.895. The van der Waals surface area contributed by atoms with Gasteiger partial charge in [0.1, 0.15) is 22.3 Å². The predicted octanol–water partition coefficient (Wildman–Crippen LogP) is 19.8. The van der Waals surface area contributed by atoms with Crippen molar-refractivity contribution in [1.82, 2.24) is 0 Å². The van der Waals surface area contributed by atoms with Crippen molar-refractivity contribution < 1.29 is 8.83 Å². The lowest BCUT2D eigenvalue weighted by Crippen LogP contribution is -2.15. The van der Waals surface area contributed by atoms with E-state index in [1.807, 2.05) is 24.3 Å². The van der Waals surface area contributed by atoms with Crippen LogP contribution in [0.25, 0.3) is 98.4 Å². The molecule has 72 heavy (non-hydrogen) atoms. The summed E-state index contributed by atoms with van der Waals surface area (Å²) in [6, 6.07) is 87.8. The molecule has 0 N–H and O–H groups in total. The van der Waals surface area contributed by atoms with Crippen molar-refractivity contribution in [1.29, 1.82) is 0 Å². The number of rotatable bonds is 8. The summed E-state index contributed by atoms with van der Waals surface area (Å²) < 4.78 is 13.1. The number of hydrogen-bond acceptors (Lipinski definition) is 4. The number of aryl methyl sites for hydroxylation is 2. The van der Waals surface area contributed by atoms with Gasteiger partial charge in [-0.2, -0.15) is 0 Å². The Morgan fingerprint density at radius 1 is 0.278 bits per heavy atom. The van der Waals surface area contributed by atoms with Crippen molar-refractivity contribution in [2.75, 3.05) is 9.80 Å². The first-order valence-electron chi connectivity index (χ1n) is 24.6. The Morgan fingerprint density at radius 2 is 0.653 bits per heavy atom. The number of benzene rings is 12. The minimum absolute atomic E-state index is 0.895. The highest BCUT2D eigenvalue weighted by Crippen LogP contribution is 2.52. The zero-order chi connectivity index (χ0) is 47.9. The number of anilines is 6. The summed E-state index contributed by atoms with van der Waals surface area (Å²) in [5.74, 6) is 0. The van der Waals surface area contributed by atoms with Gasteiger partial charge in [-0.05, 0) is 120 Å². The second-order valence-electron chi connectivity index (χ2n) is 19.0. The first-order chi connectivity index (χ1) is 35.5. The zero-order valence-electron chi connectivity index (χ0n) is 39.8. The van der Waals surface area contributed by atoms with Gasteiger partial charge in [0, 0.05) is 77.0 Å². The molecule has 0 bridgehead atoms. The van der Waals surface area contributed by atoms with Gasteiger partial charge >= 0.3 is 0 Å². The van der Waals surface area contributed by atoms with Gasteiger partial charge in [0.25, 0.3) is 0 Å². The number of fused-ring (bicyclic) bond motifs is 9. The minimum Gasteiger partial charge on any atom is -0.455 e. The quantitative estimate of drug-likeness (QED) is 0.112. The van der Waals surface area contributed by atoms with E-state index in [2.05, 4.69) is 242 Å². The lowest BCUT2D eigenvalue weighted by Gasteiger charge is -2.33. The van der Waals surface area contributed by atoms with Gasteiger partial charge in [0.05, 0.1) is 11.4 Å². The molecule has 0 aliphatic heterocycles. The number of nitrogens with zero attached hydrogens (tertiary/aromatic N) is 2. The Kier molecular flexibility index (Phi) is 9.62. The maximum absolute atomic E-state index is 6.53. The van der Waals surface area contributed by atoms with E-state index in [4.69, 9.17) is 8.83 Å². The first kappa shape index (κ1) is 41.6. The lowest BCUT2D eigenvalue weighted by molar-refractivity contribution is 0.669.